The van der Waals surface area contributed by atoms with E-state index in [9.17, 15) is 0 Å². The largest absolute Gasteiger partial charge is 0.308 e. The smallest absolute Gasteiger partial charge is 0.302 e. The van der Waals surface area contributed by atoms with Gasteiger partial charge < -0.3 is 4.11 Å². The standard InChI is InChI=1S/C17H21FSi/c1-17(2,3)14-19(18,15-10-6-4-7-11-15)16-12-8-5-9-13-16/h4-13H,14H2,1-3H3. The quantitative estimate of drug-likeness (QED) is 0.589. The van der Waals surface area contributed by atoms with Gasteiger partial charge in [-0.2, -0.15) is 0 Å². The van der Waals surface area contributed by atoms with Crippen LogP contribution in [0.15, 0.2) is 60.7 Å². The lowest BCUT2D eigenvalue weighted by Crippen LogP contribution is -2.56. The fourth-order valence-corrected chi connectivity index (χ4v) is 6.15. The molecule has 0 amide bonds. The molecule has 0 aliphatic carbocycles. The van der Waals surface area contributed by atoms with E-state index < -0.39 is 8.41 Å². The van der Waals surface area contributed by atoms with Crippen LogP contribution in [-0.4, -0.2) is 8.41 Å². The van der Waals surface area contributed by atoms with E-state index in [4.69, 9.17) is 0 Å². The van der Waals surface area contributed by atoms with Gasteiger partial charge in [0.1, 0.15) is 0 Å². The lowest BCUT2D eigenvalue weighted by Gasteiger charge is -2.30. The second-order valence-electron chi connectivity index (χ2n) is 6.27. The highest BCUT2D eigenvalue weighted by Crippen LogP contribution is 2.28. The summed E-state index contributed by atoms with van der Waals surface area (Å²) >= 11 is 0. The van der Waals surface area contributed by atoms with Crippen LogP contribution >= 0.6 is 0 Å². The molecule has 2 heteroatoms. The summed E-state index contributed by atoms with van der Waals surface area (Å²) in [5, 5.41) is 1.74. The fourth-order valence-electron chi connectivity index (χ4n) is 2.51. The van der Waals surface area contributed by atoms with Crippen LogP contribution in [-0.2, 0) is 0 Å². The first-order valence-corrected chi connectivity index (χ1v) is 8.80. The van der Waals surface area contributed by atoms with Gasteiger partial charge in [-0.15, -0.1) is 0 Å². The van der Waals surface area contributed by atoms with Crippen molar-refractivity contribution in [3.05, 3.63) is 60.7 Å². The molecule has 0 aliphatic rings. The Morgan fingerprint density at radius 2 is 1.16 bits per heavy atom. The van der Waals surface area contributed by atoms with E-state index in [0.717, 1.165) is 10.4 Å². The number of rotatable bonds is 3. The third-order valence-electron chi connectivity index (χ3n) is 3.24. The molecule has 19 heavy (non-hydrogen) atoms. The molecule has 0 saturated carbocycles. The Morgan fingerprint density at radius 1 is 0.789 bits per heavy atom. The van der Waals surface area contributed by atoms with Crippen LogP contribution in [0.1, 0.15) is 20.8 Å². The second-order valence-corrected chi connectivity index (χ2v) is 9.38. The summed E-state index contributed by atoms with van der Waals surface area (Å²) in [5.41, 5.74) is -0.0212. The molecule has 0 unspecified atom stereocenters. The van der Waals surface area contributed by atoms with E-state index in [1.807, 2.05) is 60.7 Å². The van der Waals surface area contributed by atoms with Crippen molar-refractivity contribution in [2.75, 3.05) is 0 Å². The highest BCUT2D eigenvalue weighted by Gasteiger charge is 2.42. The minimum atomic E-state index is -3.14. The highest BCUT2D eigenvalue weighted by molar-refractivity contribution is 6.97. The van der Waals surface area contributed by atoms with Crippen molar-refractivity contribution in [1.29, 1.82) is 0 Å². The Labute approximate surface area is 116 Å². The molecule has 0 aliphatic heterocycles. The van der Waals surface area contributed by atoms with Crippen LogP contribution in [0, 0.1) is 5.41 Å². The van der Waals surface area contributed by atoms with Crippen molar-refractivity contribution < 1.29 is 4.11 Å². The van der Waals surface area contributed by atoms with Crippen molar-refractivity contribution >= 4 is 18.8 Å². The predicted octanol–water partition coefficient (Wildman–Crippen LogP) is 3.76. The zero-order valence-electron chi connectivity index (χ0n) is 11.9. The molecule has 0 spiro atoms. The van der Waals surface area contributed by atoms with Crippen molar-refractivity contribution in [3.63, 3.8) is 0 Å². The molecular weight excluding hydrogens is 251 g/mol. The Hall–Kier alpha value is -1.41. The average molecular weight is 272 g/mol. The topological polar surface area (TPSA) is 0 Å². The predicted molar refractivity (Wildman–Crippen MR) is 83.3 cm³/mol. The number of benzene rings is 2. The Morgan fingerprint density at radius 3 is 1.47 bits per heavy atom. The molecule has 2 aromatic carbocycles. The second kappa shape index (κ2) is 5.30. The molecule has 2 rings (SSSR count). The molecule has 0 heterocycles. The first-order valence-electron chi connectivity index (χ1n) is 6.72. The van der Waals surface area contributed by atoms with Crippen LogP contribution in [0.3, 0.4) is 0 Å². The molecule has 2 aromatic rings. The highest BCUT2D eigenvalue weighted by atomic mass is 28.4. The van der Waals surface area contributed by atoms with E-state index >= 15 is 4.11 Å². The van der Waals surface area contributed by atoms with Crippen LogP contribution in [0.5, 0.6) is 0 Å². The molecule has 0 N–H and O–H groups in total. The third kappa shape index (κ3) is 3.32. The molecular formula is C17H21FSi. The Balaban J connectivity index is 2.51. The third-order valence-corrected chi connectivity index (χ3v) is 7.28. The van der Waals surface area contributed by atoms with Gasteiger partial charge in [-0.25, -0.2) is 0 Å². The van der Waals surface area contributed by atoms with Crippen LogP contribution in [0.25, 0.3) is 0 Å². The molecule has 0 saturated heterocycles. The summed E-state index contributed by atoms with van der Waals surface area (Å²) in [7, 11) is -3.14. The summed E-state index contributed by atoms with van der Waals surface area (Å²) in [6.07, 6.45) is 0. The Kier molecular flexibility index (Phi) is 3.90. The van der Waals surface area contributed by atoms with Crippen LogP contribution in [0.2, 0.25) is 6.04 Å². The van der Waals surface area contributed by atoms with Gasteiger partial charge >= 0.3 is 8.41 Å². The molecule has 0 aromatic heterocycles. The monoisotopic (exact) mass is 272 g/mol. The average Bonchev–Trinajstić information content (AvgIpc) is 2.39. The molecule has 0 atom stereocenters. The van der Waals surface area contributed by atoms with E-state index in [-0.39, 0.29) is 5.41 Å². The number of halogens is 1. The lowest BCUT2D eigenvalue weighted by molar-refractivity contribution is 0.453. The molecule has 0 bridgehead atoms. The first-order chi connectivity index (χ1) is 8.92. The van der Waals surface area contributed by atoms with Crippen molar-refractivity contribution in [3.8, 4) is 0 Å². The van der Waals surface area contributed by atoms with Gasteiger partial charge in [0.15, 0.2) is 0 Å². The number of hydrogen-bond donors (Lipinski definition) is 0. The van der Waals surface area contributed by atoms with Gasteiger partial charge in [-0.1, -0.05) is 81.4 Å². The maximum absolute atomic E-state index is 15.9. The number of hydrogen-bond acceptors (Lipinski definition) is 0. The maximum atomic E-state index is 15.9. The SMILES string of the molecule is CC(C)(C)C[Si](F)(c1ccccc1)c1ccccc1. The minimum absolute atomic E-state index is 0.0212. The fraction of sp³-hybridized carbons (Fsp3) is 0.294. The summed E-state index contributed by atoms with van der Waals surface area (Å²) < 4.78 is 15.9. The van der Waals surface area contributed by atoms with Gasteiger partial charge in [0, 0.05) is 0 Å². The first kappa shape index (κ1) is 14.0. The van der Waals surface area contributed by atoms with Crippen LogP contribution < -0.4 is 10.4 Å². The molecule has 100 valence electrons. The van der Waals surface area contributed by atoms with Gasteiger partial charge in [-0.05, 0) is 21.8 Å². The van der Waals surface area contributed by atoms with E-state index in [1.54, 1.807) is 0 Å². The molecule has 0 nitrogen and oxygen atoms in total. The van der Waals surface area contributed by atoms with Gasteiger partial charge in [0.05, 0.1) is 0 Å². The van der Waals surface area contributed by atoms with Crippen molar-refractivity contribution in [2.45, 2.75) is 26.8 Å². The van der Waals surface area contributed by atoms with Crippen molar-refractivity contribution in [2.24, 2.45) is 5.41 Å². The summed E-state index contributed by atoms with van der Waals surface area (Å²) in [6.45, 7) is 6.33. The van der Waals surface area contributed by atoms with E-state index in [2.05, 4.69) is 20.8 Å². The maximum Gasteiger partial charge on any atom is 0.308 e. The zero-order valence-corrected chi connectivity index (χ0v) is 12.9. The van der Waals surface area contributed by atoms with Crippen LogP contribution in [0.4, 0.5) is 4.11 Å². The van der Waals surface area contributed by atoms with E-state index in [1.165, 1.54) is 0 Å². The summed E-state index contributed by atoms with van der Waals surface area (Å²) in [6, 6.07) is 20.0. The minimum Gasteiger partial charge on any atom is -0.302 e. The zero-order chi connectivity index (χ0) is 13.9. The molecule has 0 radical (unpaired) electrons. The van der Waals surface area contributed by atoms with Gasteiger partial charge in [-0.3, -0.25) is 0 Å². The van der Waals surface area contributed by atoms with Gasteiger partial charge in [0.2, 0.25) is 0 Å². The van der Waals surface area contributed by atoms with E-state index in [0.29, 0.717) is 6.04 Å². The van der Waals surface area contributed by atoms with Gasteiger partial charge in [0.25, 0.3) is 0 Å². The summed E-state index contributed by atoms with van der Waals surface area (Å²) in [4.78, 5) is 0. The lowest BCUT2D eigenvalue weighted by atomic mass is 10.0. The Bertz CT molecular complexity index is 474. The molecule has 0 fully saturated rings. The normalized spacial score (nSPS) is 12.4. The van der Waals surface area contributed by atoms with Crippen molar-refractivity contribution in [1.82, 2.24) is 0 Å². The summed E-state index contributed by atoms with van der Waals surface area (Å²) in [5.74, 6) is 0.